The highest BCUT2D eigenvalue weighted by Gasteiger charge is 2.06. The minimum Gasteiger partial charge on any atom is -0.423 e. The Bertz CT molecular complexity index is 469. The third-order valence-electron chi connectivity index (χ3n) is 2.25. The van der Waals surface area contributed by atoms with Crippen molar-refractivity contribution in [3.05, 3.63) is 18.2 Å². The molecule has 0 unspecified atom stereocenters. The summed E-state index contributed by atoms with van der Waals surface area (Å²) >= 11 is 1.83. The van der Waals surface area contributed by atoms with Crippen LogP contribution in [0.2, 0.25) is 0 Å². The predicted octanol–water partition coefficient (Wildman–Crippen LogP) is 2.58. The van der Waals surface area contributed by atoms with Crippen LogP contribution in [0, 0.1) is 0 Å². The summed E-state index contributed by atoms with van der Waals surface area (Å²) in [6.45, 7) is 0.869. The van der Waals surface area contributed by atoms with Gasteiger partial charge in [0.15, 0.2) is 5.58 Å². The molecule has 0 saturated heterocycles. The van der Waals surface area contributed by atoms with Crippen LogP contribution >= 0.6 is 11.8 Å². The van der Waals surface area contributed by atoms with Crippen molar-refractivity contribution in [3.63, 3.8) is 0 Å². The molecule has 0 radical (unpaired) electrons. The van der Waals surface area contributed by atoms with E-state index in [4.69, 9.17) is 10.2 Å². The van der Waals surface area contributed by atoms with E-state index in [1.54, 1.807) is 0 Å². The quantitative estimate of drug-likeness (QED) is 0.618. The second-order valence-electron chi connectivity index (χ2n) is 3.49. The van der Waals surface area contributed by atoms with Crippen molar-refractivity contribution >= 4 is 34.6 Å². The number of nitrogen functional groups attached to an aromatic ring is 1. The van der Waals surface area contributed by atoms with E-state index in [1.165, 1.54) is 0 Å². The van der Waals surface area contributed by atoms with Crippen LogP contribution in [-0.2, 0) is 0 Å². The van der Waals surface area contributed by atoms with E-state index in [2.05, 4.69) is 16.6 Å². The molecule has 5 heteroatoms. The summed E-state index contributed by atoms with van der Waals surface area (Å²) in [5.41, 5.74) is 7.90. The van der Waals surface area contributed by atoms with Crippen LogP contribution in [0.4, 0.5) is 11.7 Å². The first-order chi connectivity index (χ1) is 7.81. The third-order valence-corrected chi connectivity index (χ3v) is 2.95. The summed E-state index contributed by atoms with van der Waals surface area (Å²) in [6.07, 6.45) is 3.19. The number of nitrogens with one attached hydrogen (secondary N) is 1. The summed E-state index contributed by atoms with van der Waals surface area (Å²) in [7, 11) is 0. The molecule has 2 rings (SSSR count). The molecule has 0 aliphatic rings. The summed E-state index contributed by atoms with van der Waals surface area (Å²) < 4.78 is 5.52. The van der Waals surface area contributed by atoms with E-state index in [1.807, 2.05) is 30.0 Å². The highest BCUT2D eigenvalue weighted by atomic mass is 32.2. The van der Waals surface area contributed by atoms with E-state index in [0.717, 1.165) is 29.8 Å². The first-order valence-electron chi connectivity index (χ1n) is 5.19. The normalized spacial score (nSPS) is 10.8. The molecular weight excluding hydrogens is 222 g/mol. The highest BCUT2D eigenvalue weighted by molar-refractivity contribution is 7.98. The molecule has 0 atom stereocenters. The van der Waals surface area contributed by atoms with Gasteiger partial charge < -0.3 is 15.5 Å². The van der Waals surface area contributed by atoms with Crippen molar-refractivity contribution in [2.45, 2.75) is 6.42 Å². The Kier molecular flexibility index (Phi) is 3.56. The zero-order valence-corrected chi connectivity index (χ0v) is 10.0. The number of aromatic nitrogens is 1. The van der Waals surface area contributed by atoms with Gasteiger partial charge in [-0.15, -0.1) is 0 Å². The van der Waals surface area contributed by atoms with Gasteiger partial charge in [-0.3, -0.25) is 0 Å². The maximum atomic E-state index is 5.79. The molecule has 4 nitrogen and oxygen atoms in total. The van der Waals surface area contributed by atoms with Crippen LogP contribution in [0.1, 0.15) is 6.42 Å². The maximum absolute atomic E-state index is 5.79. The maximum Gasteiger partial charge on any atom is 0.295 e. The van der Waals surface area contributed by atoms with Gasteiger partial charge in [0.1, 0.15) is 5.52 Å². The number of para-hydroxylation sites is 1. The Hall–Kier alpha value is -1.36. The average Bonchev–Trinajstić information content (AvgIpc) is 2.69. The second-order valence-corrected chi connectivity index (χ2v) is 4.47. The molecule has 0 amide bonds. The van der Waals surface area contributed by atoms with Gasteiger partial charge in [0.05, 0.1) is 5.69 Å². The van der Waals surface area contributed by atoms with E-state index >= 15 is 0 Å². The molecule has 2 aromatic rings. The number of benzene rings is 1. The number of thioether (sulfide) groups is 1. The first kappa shape index (κ1) is 11.1. The lowest BCUT2D eigenvalue weighted by Crippen LogP contribution is -2.02. The third kappa shape index (κ3) is 2.41. The standard InChI is InChI=1S/C11H15N3OS/c1-16-7-3-6-13-11-14-10-8(12)4-2-5-9(10)15-11/h2,4-5H,3,6-7,12H2,1H3,(H,13,14). The molecule has 0 spiro atoms. The molecule has 1 aromatic carbocycles. The van der Waals surface area contributed by atoms with Crippen molar-refractivity contribution in [1.29, 1.82) is 0 Å². The fourth-order valence-electron chi connectivity index (χ4n) is 1.46. The van der Waals surface area contributed by atoms with Gasteiger partial charge >= 0.3 is 0 Å². The fourth-order valence-corrected chi connectivity index (χ4v) is 1.89. The van der Waals surface area contributed by atoms with Gasteiger partial charge in [0, 0.05) is 6.54 Å². The van der Waals surface area contributed by atoms with Gasteiger partial charge in [-0.2, -0.15) is 16.7 Å². The number of fused-ring (bicyclic) bond motifs is 1. The summed E-state index contributed by atoms with van der Waals surface area (Å²) in [5.74, 6) is 1.13. The molecule has 0 bridgehead atoms. The van der Waals surface area contributed by atoms with Gasteiger partial charge in [-0.25, -0.2) is 0 Å². The van der Waals surface area contributed by atoms with Crippen LogP contribution in [0.3, 0.4) is 0 Å². The topological polar surface area (TPSA) is 64.1 Å². The molecule has 3 N–H and O–H groups in total. The number of hydrogen-bond acceptors (Lipinski definition) is 5. The predicted molar refractivity (Wildman–Crippen MR) is 69.9 cm³/mol. The van der Waals surface area contributed by atoms with Gasteiger partial charge in [0.25, 0.3) is 6.01 Å². The first-order valence-corrected chi connectivity index (χ1v) is 6.58. The minimum atomic E-state index is 0.550. The zero-order valence-electron chi connectivity index (χ0n) is 9.19. The number of oxazole rings is 1. The van der Waals surface area contributed by atoms with Crippen molar-refractivity contribution in [3.8, 4) is 0 Å². The average molecular weight is 237 g/mol. The van der Waals surface area contributed by atoms with E-state index < -0.39 is 0 Å². The Balaban J connectivity index is 2.05. The molecule has 86 valence electrons. The van der Waals surface area contributed by atoms with Crippen LogP contribution in [0.15, 0.2) is 22.6 Å². The molecular formula is C11H15N3OS. The lowest BCUT2D eigenvalue weighted by molar-refractivity contribution is 0.614. The number of anilines is 2. The van der Waals surface area contributed by atoms with Crippen LogP contribution in [-0.4, -0.2) is 23.5 Å². The lowest BCUT2D eigenvalue weighted by atomic mass is 10.3. The van der Waals surface area contributed by atoms with E-state index in [-0.39, 0.29) is 0 Å². The summed E-state index contributed by atoms with van der Waals surface area (Å²) in [4.78, 5) is 4.30. The number of rotatable bonds is 5. The van der Waals surface area contributed by atoms with E-state index in [9.17, 15) is 0 Å². The van der Waals surface area contributed by atoms with Crippen LogP contribution in [0.25, 0.3) is 11.1 Å². The number of nitrogens with two attached hydrogens (primary N) is 1. The summed E-state index contributed by atoms with van der Waals surface area (Å²) in [5, 5.41) is 3.15. The fraction of sp³-hybridized carbons (Fsp3) is 0.364. The smallest absolute Gasteiger partial charge is 0.295 e. The highest BCUT2D eigenvalue weighted by Crippen LogP contribution is 2.23. The molecule has 1 heterocycles. The van der Waals surface area contributed by atoms with Gasteiger partial charge in [-0.1, -0.05) is 6.07 Å². The van der Waals surface area contributed by atoms with Crippen molar-refractivity contribution in [2.75, 3.05) is 29.6 Å². The van der Waals surface area contributed by atoms with Gasteiger partial charge in [-0.05, 0) is 30.6 Å². The lowest BCUT2D eigenvalue weighted by Gasteiger charge is -1.98. The molecule has 0 aliphatic carbocycles. The number of nitrogens with zero attached hydrogens (tertiary/aromatic N) is 1. The largest absolute Gasteiger partial charge is 0.423 e. The van der Waals surface area contributed by atoms with Gasteiger partial charge in [0.2, 0.25) is 0 Å². The minimum absolute atomic E-state index is 0.550. The zero-order chi connectivity index (χ0) is 11.4. The molecule has 0 saturated carbocycles. The monoisotopic (exact) mass is 237 g/mol. The molecule has 16 heavy (non-hydrogen) atoms. The Morgan fingerprint density at radius 2 is 2.38 bits per heavy atom. The van der Waals surface area contributed by atoms with Crippen molar-refractivity contribution in [2.24, 2.45) is 0 Å². The summed E-state index contributed by atoms with van der Waals surface area (Å²) in [6, 6.07) is 6.10. The van der Waals surface area contributed by atoms with Crippen molar-refractivity contribution < 1.29 is 4.42 Å². The molecule has 1 aromatic heterocycles. The van der Waals surface area contributed by atoms with Crippen LogP contribution < -0.4 is 11.1 Å². The van der Waals surface area contributed by atoms with Crippen molar-refractivity contribution in [1.82, 2.24) is 4.98 Å². The Labute approximate surface area is 98.6 Å². The Morgan fingerprint density at radius 1 is 1.50 bits per heavy atom. The molecule has 0 fully saturated rings. The SMILES string of the molecule is CSCCCNc1nc2c(N)cccc2o1. The molecule has 0 aliphatic heterocycles. The second kappa shape index (κ2) is 5.12. The van der Waals surface area contributed by atoms with E-state index in [0.29, 0.717) is 11.7 Å². The number of hydrogen-bond donors (Lipinski definition) is 2. The van der Waals surface area contributed by atoms with Crippen LogP contribution in [0.5, 0.6) is 0 Å². The Morgan fingerprint density at radius 3 is 3.12 bits per heavy atom.